The third-order valence-corrected chi connectivity index (χ3v) is 13.5. The zero-order chi connectivity index (χ0) is 41.9. The Kier molecular flexibility index (Phi) is 7.36. The topological polar surface area (TPSA) is 27.9 Å². The minimum absolute atomic E-state index is 0.914. The summed E-state index contributed by atoms with van der Waals surface area (Å²) in [4.78, 5) is 0. The summed E-state index contributed by atoms with van der Waals surface area (Å²) in [6, 6.07) is 81.6. The van der Waals surface area contributed by atoms with Crippen molar-refractivity contribution in [1.82, 2.24) is 13.7 Å². The van der Waals surface area contributed by atoms with Crippen LogP contribution in [0.2, 0.25) is 0 Å². The van der Waals surface area contributed by atoms with Gasteiger partial charge in [-0.2, -0.15) is 0 Å². The molecule has 14 rings (SSSR count). The van der Waals surface area contributed by atoms with Gasteiger partial charge < -0.3 is 18.1 Å². The van der Waals surface area contributed by atoms with Crippen LogP contribution in [-0.4, -0.2) is 13.7 Å². The van der Waals surface area contributed by atoms with E-state index in [-0.39, 0.29) is 0 Å². The summed E-state index contributed by atoms with van der Waals surface area (Å²) >= 11 is 0. The molecule has 0 fully saturated rings. The molecule has 0 radical (unpaired) electrons. The Hall–Kier alpha value is -8.60. The van der Waals surface area contributed by atoms with Crippen LogP contribution in [0, 0.1) is 0 Å². The molecule has 0 bridgehead atoms. The molecule has 64 heavy (non-hydrogen) atoms. The van der Waals surface area contributed by atoms with Crippen LogP contribution in [0.3, 0.4) is 0 Å². The molecule has 0 aliphatic carbocycles. The van der Waals surface area contributed by atoms with Gasteiger partial charge in [-0.15, -0.1) is 0 Å². The van der Waals surface area contributed by atoms with E-state index in [0.29, 0.717) is 0 Å². The van der Waals surface area contributed by atoms with Gasteiger partial charge in [0, 0.05) is 60.2 Å². The fourth-order valence-corrected chi connectivity index (χ4v) is 10.5. The van der Waals surface area contributed by atoms with Gasteiger partial charge in [0.15, 0.2) is 0 Å². The molecule has 0 atom stereocenters. The van der Waals surface area contributed by atoms with Crippen molar-refractivity contribution in [3.05, 3.63) is 224 Å². The quantitative estimate of drug-likeness (QED) is 0.170. The fraction of sp³-hybridized carbons (Fsp3) is 0. The van der Waals surface area contributed by atoms with E-state index >= 15 is 0 Å². The molecular weight excluding hydrogens is 779 g/mol. The van der Waals surface area contributed by atoms with Gasteiger partial charge in [-0.05, 0) is 113 Å². The number of benzene rings is 10. The van der Waals surface area contributed by atoms with Crippen LogP contribution < -0.4 is 0 Å². The summed E-state index contributed by atoms with van der Waals surface area (Å²) in [7, 11) is 0. The normalized spacial score (nSPS) is 12.1. The van der Waals surface area contributed by atoms with Crippen molar-refractivity contribution < 1.29 is 4.42 Å². The van der Waals surface area contributed by atoms with Crippen molar-refractivity contribution in [3.63, 3.8) is 0 Å². The molecule has 0 aliphatic heterocycles. The van der Waals surface area contributed by atoms with Crippen LogP contribution >= 0.6 is 0 Å². The third kappa shape index (κ3) is 5.11. The molecule has 4 aromatic heterocycles. The molecular formula is C60H37N3O. The summed E-state index contributed by atoms with van der Waals surface area (Å²) in [5, 5.41) is 9.73. The molecule has 14 aromatic rings. The Bertz CT molecular complexity index is 3900. The average Bonchev–Trinajstić information content (AvgIpc) is 4.10. The maximum absolute atomic E-state index is 6.10. The summed E-state index contributed by atoms with van der Waals surface area (Å²) in [6.45, 7) is 0. The first kappa shape index (κ1) is 35.0. The van der Waals surface area contributed by atoms with Crippen LogP contribution in [0.15, 0.2) is 229 Å². The van der Waals surface area contributed by atoms with E-state index in [1.165, 1.54) is 87.7 Å². The van der Waals surface area contributed by atoms with E-state index in [2.05, 4.69) is 226 Å². The highest BCUT2D eigenvalue weighted by atomic mass is 16.3. The monoisotopic (exact) mass is 815 g/mol. The maximum Gasteiger partial charge on any atom is 0.135 e. The highest BCUT2D eigenvalue weighted by molar-refractivity contribution is 6.14. The smallest absolute Gasteiger partial charge is 0.135 e. The first-order valence-corrected chi connectivity index (χ1v) is 21.9. The fourth-order valence-electron chi connectivity index (χ4n) is 10.5. The van der Waals surface area contributed by atoms with E-state index in [9.17, 15) is 0 Å². The highest BCUT2D eigenvalue weighted by Crippen LogP contribution is 2.40. The van der Waals surface area contributed by atoms with Gasteiger partial charge in [0.25, 0.3) is 0 Å². The largest absolute Gasteiger partial charge is 0.456 e. The molecule has 0 unspecified atom stereocenters. The minimum Gasteiger partial charge on any atom is -0.456 e. The Morgan fingerprint density at radius 3 is 1.06 bits per heavy atom. The van der Waals surface area contributed by atoms with Gasteiger partial charge in [-0.1, -0.05) is 133 Å². The van der Waals surface area contributed by atoms with Crippen LogP contribution in [0.1, 0.15) is 0 Å². The van der Waals surface area contributed by atoms with Crippen LogP contribution in [0.4, 0.5) is 0 Å². The van der Waals surface area contributed by atoms with Crippen molar-refractivity contribution in [2.45, 2.75) is 0 Å². The number of fused-ring (bicyclic) bond motifs is 12. The molecule has 10 aromatic carbocycles. The van der Waals surface area contributed by atoms with E-state index in [1.807, 2.05) is 12.1 Å². The van der Waals surface area contributed by atoms with Crippen LogP contribution in [0.5, 0.6) is 0 Å². The standard InChI is InChI=1S/C60H37N3O/c1-6-16-53-45(11-1)46-12-2-7-17-54(46)62(53)43-30-32-57-50(36-43)51-37-44(63-55-18-8-3-13-47(55)48-14-4-9-19-56(48)63)31-33-58(51)61(57)42-28-25-39(26-29-42)38-21-23-40(24-22-38)41-27-34-60-52(35-41)49-15-5-10-20-59(49)64-60/h1-37H. The number of para-hydroxylation sites is 5. The van der Waals surface area contributed by atoms with E-state index in [0.717, 1.165) is 39.0 Å². The first-order chi connectivity index (χ1) is 31.7. The number of hydrogen-bond acceptors (Lipinski definition) is 1. The number of rotatable bonds is 5. The lowest BCUT2D eigenvalue weighted by Crippen LogP contribution is -1.96. The Labute approximate surface area is 367 Å². The zero-order valence-corrected chi connectivity index (χ0v) is 34.6. The summed E-state index contributed by atoms with van der Waals surface area (Å²) < 4.78 is 13.4. The van der Waals surface area contributed by atoms with Crippen LogP contribution in [0.25, 0.3) is 127 Å². The van der Waals surface area contributed by atoms with Gasteiger partial charge in [0.2, 0.25) is 0 Å². The number of furan rings is 1. The summed E-state index contributed by atoms with van der Waals surface area (Å²) in [5.74, 6) is 0. The van der Waals surface area contributed by atoms with E-state index in [1.54, 1.807) is 0 Å². The molecule has 0 saturated carbocycles. The second-order valence-electron chi connectivity index (χ2n) is 16.9. The molecule has 298 valence electrons. The van der Waals surface area contributed by atoms with Crippen molar-refractivity contribution in [1.29, 1.82) is 0 Å². The van der Waals surface area contributed by atoms with E-state index < -0.39 is 0 Å². The predicted molar refractivity (Wildman–Crippen MR) is 268 cm³/mol. The molecule has 4 heterocycles. The highest BCUT2D eigenvalue weighted by Gasteiger charge is 2.19. The van der Waals surface area contributed by atoms with E-state index in [4.69, 9.17) is 4.42 Å². The Morgan fingerprint density at radius 1 is 0.219 bits per heavy atom. The molecule has 0 spiro atoms. The van der Waals surface area contributed by atoms with Crippen LogP contribution in [-0.2, 0) is 0 Å². The van der Waals surface area contributed by atoms with Gasteiger partial charge in [0.05, 0.1) is 33.1 Å². The van der Waals surface area contributed by atoms with Gasteiger partial charge in [-0.25, -0.2) is 0 Å². The molecule has 0 saturated heterocycles. The average molecular weight is 816 g/mol. The van der Waals surface area contributed by atoms with Crippen molar-refractivity contribution in [2.24, 2.45) is 0 Å². The molecule has 4 heteroatoms. The first-order valence-electron chi connectivity index (χ1n) is 21.9. The number of aromatic nitrogens is 3. The maximum atomic E-state index is 6.10. The van der Waals surface area contributed by atoms with Crippen molar-refractivity contribution >= 4 is 87.4 Å². The molecule has 4 nitrogen and oxygen atoms in total. The Balaban J connectivity index is 0.912. The lowest BCUT2D eigenvalue weighted by atomic mass is 9.99. The summed E-state index contributed by atoms with van der Waals surface area (Å²) in [6.07, 6.45) is 0. The van der Waals surface area contributed by atoms with Gasteiger partial charge in [-0.3, -0.25) is 0 Å². The molecule has 0 aliphatic rings. The lowest BCUT2D eigenvalue weighted by molar-refractivity contribution is 0.669. The summed E-state index contributed by atoms with van der Waals surface area (Å²) in [5.41, 5.74) is 17.1. The second kappa shape index (κ2) is 13.4. The minimum atomic E-state index is 0.914. The number of nitrogens with zero attached hydrogens (tertiary/aromatic N) is 3. The second-order valence-corrected chi connectivity index (χ2v) is 16.9. The van der Waals surface area contributed by atoms with Gasteiger partial charge in [0.1, 0.15) is 11.2 Å². The number of hydrogen-bond donors (Lipinski definition) is 0. The molecule has 0 N–H and O–H groups in total. The Morgan fingerprint density at radius 2 is 0.562 bits per heavy atom. The predicted octanol–water partition coefficient (Wildman–Crippen LogP) is 16.2. The van der Waals surface area contributed by atoms with Crippen molar-refractivity contribution in [3.8, 4) is 39.3 Å². The van der Waals surface area contributed by atoms with Gasteiger partial charge >= 0.3 is 0 Å². The SMILES string of the molecule is c1ccc2c(c1)oc1ccc(-c3ccc(-c4ccc(-n5c6ccc(-n7c8ccccc8c8ccccc87)cc6c6cc(-n7c8ccccc8c8ccccc87)ccc65)cc4)cc3)cc12. The molecule has 0 amide bonds. The third-order valence-electron chi connectivity index (χ3n) is 13.5. The van der Waals surface area contributed by atoms with Crippen molar-refractivity contribution in [2.75, 3.05) is 0 Å². The lowest BCUT2D eigenvalue weighted by Gasteiger charge is -2.12. The zero-order valence-electron chi connectivity index (χ0n) is 34.6.